The van der Waals surface area contributed by atoms with Gasteiger partial charge in [-0.2, -0.15) is 0 Å². The van der Waals surface area contributed by atoms with Crippen LogP contribution in [0.4, 0.5) is 0 Å². The molecule has 0 radical (unpaired) electrons. The van der Waals surface area contributed by atoms with Crippen LogP contribution in [-0.4, -0.2) is 30.3 Å². The molecular weight excluding hydrogens is 266 g/mol. The second-order valence-corrected chi connectivity index (χ2v) is 6.61. The minimum Gasteiger partial charge on any atom is -0.478 e. The number of rotatable bonds is 4. The first-order valence-corrected chi connectivity index (χ1v) is 7.64. The summed E-state index contributed by atoms with van der Waals surface area (Å²) >= 11 is 0. The lowest BCUT2D eigenvalue weighted by Crippen LogP contribution is -2.58. The molecule has 1 aliphatic carbocycles. The van der Waals surface area contributed by atoms with Crippen LogP contribution in [0.25, 0.3) is 0 Å². The lowest BCUT2D eigenvalue weighted by atomic mass is 9.76. The van der Waals surface area contributed by atoms with E-state index in [2.05, 4.69) is 5.32 Å². The molecule has 114 valence electrons. The van der Waals surface area contributed by atoms with Crippen molar-refractivity contribution in [3.05, 3.63) is 29.8 Å². The van der Waals surface area contributed by atoms with E-state index in [-0.39, 0.29) is 11.9 Å². The Kier molecular flexibility index (Phi) is 3.66. The summed E-state index contributed by atoms with van der Waals surface area (Å²) in [5.74, 6) is 1.16. The predicted octanol–water partition coefficient (Wildman–Crippen LogP) is 2.45. The summed E-state index contributed by atoms with van der Waals surface area (Å²) in [4.78, 5) is 12.5. The molecule has 21 heavy (non-hydrogen) atoms. The van der Waals surface area contributed by atoms with Crippen molar-refractivity contribution in [1.82, 2.24) is 5.32 Å². The van der Waals surface area contributed by atoms with E-state index in [1.165, 1.54) is 0 Å². The first kappa shape index (κ1) is 14.4. The third-order valence-electron chi connectivity index (χ3n) is 4.49. The topological polar surface area (TPSA) is 47.6 Å². The lowest BCUT2D eigenvalue weighted by molar-refractivity contribution is -0.137. The highest BCUT2D eigenvalue weighted by Gasteiger charge is 2.47. The zero-order valence-corrected chi connectivity index (χ0v) is 12.9. The summed E-state index contributed by atoms with van der Waals surface area (Å²) in [6, 6.07) is 8.01. The fourth-order valence-corrected chi connectivity index (χ4v) is 3.13. The maximum atomic E-state index is 12.5. The molecule has 2 fully saturated rings. The van der Waals surface area contributed by atoms with Gasteiger partial charge in [0.1, 0.15) is 5.75 Å². The highest BCUT2D eigenvalue weighted by Crippen LogP contribution is 2.38. The van der Waals surface area contributed by atoms with Gasteiger partial charge in [0.05, 0.1) is 6.10 Å². The first-order valence-electron chi connectivity index (χ1n) is 7.64. The molecule has 1 N–H and O–H groups in total. The summed E-state index contributed by atoms with van der Waals surface area (Å²) in [6.07, 6.45) is 2.34. The van der Waals surface area contributed by atoms with Crippen molar-refractivity contribution in [3.8, 4) is 5.75 Å². The van der Waals surface area contributed by atoms with Crippen LogP contribution in [0.5, 0.6) is 5.75 Å². The lowest BCUT2D eigenvalue weighted by Gasteiger charge is -2.40. The van der Waals surface area contributed by atoms with Gasteiger partial charge in [-0.15, -0.1) is 0 Å². The molecule has 1 amide bonds. The number of benzene rings is 1. The van der Waals surface area contributed by atoms with E-state index >= 15 is 0 Å². The van der Waals surface area contributed by atoms with Crippen LogP contribution in [-0.2, 0) is 9.53 Å². The summed E-state index contributed by atoms with van der Waals surface area (Å²) in [5.41, 5.74) is 0.242. The smallest absolute Gasteiger partial charge is 0.263 e. The molecule has 1 heterocycles. The molecule has 1 aliphatic heterocycles. The number of fused-ring (bicyclic) bond motifs is 1. The van der Waals surface area contributed by atoms with Gasteiger partial charge in [0.2, 0.25) is 0 Å². The van der Waals surface area contributed by atoms with E-state index in [1.54, 1.807) is 0 Å². The SMILES string of the molecule is Cc1cccc(OC(C)(C)C(=O)N[C@@H]2C[C@H]3OCC[C@@H]23)c1. The van der Waals surface area contributed by atoms with Crippen LogP contribution in [0, 0.1) is 12.8 Å². The van der Waals surface area contributed by atoms with Crippen molar-refractivity contribution in [2.45, 2.75) is 51.4 Å². The van der Waals surface area contributed by atoms with E-state index in [4.69, 9.17) is 9.47 Å². The van der Waals surface area contributed by atoms with Gasteiger partial charge < -0.3 is 14.8 Å². The molecule has 4 heteroatoms. The molecule has 4 nitrogen and oxygen atoms in total. The number of aryl methyl sites for hydroxylation is 1. The van der Waals surface area contributed by atoms with Gasteiger partial charge in [-0.25, -0.2) is 0 Å². The molecule has 3 rings (SSSR count). The molecule has 1 aromatic carbocycles. The Morgan fingerprint density at radius 1 is 1.43 bits per heavy atom. The highest BCUT2D eigenvalue weighted by atomic mass is 16.5. The minimum absolute atomic E-state index is 0.0562. The zero-order chi connectivity index (χ0) is 15.0. The molecule has 0 unspecified atom stereocenters. The van der Waals surface area contributed by atoms with Gasteiger partial charge >= 0.3 is 0 Å². The van der Waals surface area contributed by atoms with E-state index in [0.717, 1.165) is 30.8 Å². The number of carbonyl (C=O) groups is 1. The fraction of sp³-hybridized carbons (Fsp3) is 0.588. The van der Waals surface area contributed by atoms with Gasteiger partial charge in [0, 0.05) is 18.6 Å². The van der Waals surface area contributed by atoms with E-state index in [0.29, 0.717) is 12.0 Å². The van der Waals surface area contributed by atoms with Crippen molar-refractivity contribution in [2.24, 2.45) is 5.92 Å². The number of carbonyl (C=O) groups excluding carboxylic acids is 1. The number of hydrogen-bond acceptors (Lipinski definition) is 3. The van der Waals surface area contributed by atoms with Gasteiger partial charge in [-0.3, -0.25) is 4.79 Å². The zero-order valence-electron chi connectivity index (χ0n) is 12.9. The van der Waals surface area contributed by atoms with Crippen LogP contribution < -0.4 is 10.1 Å². The molecule has 0 spiro atoms. The Morgan fingerprint density at radius 3 is 2.95 bits per heavy atom. The first-order chi connectivity index (χ1) is 9.95. The largest absolute Gasteiger partial charge is 0.478 e. The second-order valence-electron chi connectivity index (χ2n) is 6.61. The number of nitrogens with one attached hydrogen (secondary N) is 1. The Labute approximate surface area is 125 Å². The number of amides is 1. The molecule has 0 bridgehead atoms. The number of hydrogen-bond donors (Lipinski definition) is 1. The highest BCUT2D eigenvalue weighted by molar-refractivity contribution is 5.85. The van der Waals surface area contributed by atoms with Crippen molar-refractivity contribution in [1.29, 1.82) is 0 Å². The maximum Gasteiger partial charge on any atom is 0.263 e. The van der Waals surface area contributed by atoms with Crippen LogP contribution in [0.15, 0.2) is 24.3 Å². The molecule has 0 aromatic heterocycles. The predicted molar refractivity (Wildman–Crippen MR) is 80.3 cm³/mol. The summed E-state index contributed by atoms with van der Waals surface area (Å²) in [7, 11) is 0. The van der Waals surface area contributed by atoms with Crippen molar-refractivity contribution in [3.63, 3.8) is 0 Å². The average Bonchev–Trinajstić information content (AvgIpc) is 2.76. The summed E-state index contributed by atoms with van der Waals surface area (Å²) in [5, 5.41) is 3.12. The fourth-order valence-electron chi connectivity index (χ4n) is 3.13. The van der Waals surface area contributed by atoms with E-state index in [1.807, 2.05) is 45.0 Å². The normalized spacial score (nSPS) is 27.7. The average molecular weight is 289 g/mol. The van der Waals surface area contributed by atoms with Crippen molar-refractivity contribution < 1.29 is 14.3 Å². The van der Waals surface area contributed by atoms with Gasteiger partial charge in [-0.1, -0.05) is 12.1 Å². The van der Waals surface area contributed by atoms with Gasteiger partial charge in [0.15, 0.2) is 5.60 Å². The summed E-state index contributed by atoms with van der Waals surface area (Å²) in [6.45, 7) is 6.46. The molecule has 1 saturated heterocycles. The Hall–Kier alpha value is -1.55. The second kappa shape index (κ2) is 5.34. The van der Waals surface area contributed by atoms with E-state index in [9.17, 15) is 4.79 Å². The third kappa shape index (κ3) is 2.91. The molecule has 1 saturated carbocycles. The minimum atomic E-state index is -0.877. The summed E-state index contributed by atoms with van der Waals surface area (Å²) < 4.78 is 11.5. The van der Waals surface area contributed by atoms with Crippen LogP contribution in [0.2, 0.25) is 0 Å². The maximum absolute atomic E-state index is 12.5. The molecule has 1 aromatic rings. The molecular formula is C17H23NO3. The Morgan fingerprint density at radius 2 is 2.24 bits per heavy atom. The van der Waals surface area contributed by atoms with Crippen LogP contribution in [0.3, 0.4) is 0 Å². The third-order valence-corrected chi connectivity index (χ3v) is 4.49. The number of ether oxygens (including phenoxy) is 2. The quantitative estimate of drug-likeness (QED) is 0.926. The molecule has 2 aliphatic rings. The molecule has 3 atom stereocenters. The van der Waals surface area contributed by atoms with Crippen LogP contribution >= 0.6 is 0 Å². The van der Waals surface area contributed by atoms with Crippen LogP contribution in [0.1, 0.15) is 32.3 Å². The standard InChI is InChI=1S/C17H23NO3/c1-11-5-4-6-12(9-11)21-17(2,3)16(19)18-14-10-15-13(14)7-8-20-15/h4-6,9,13-15H,7-8,10H2,1-3H3,(H,18,19)/t13-,14+,15+/m0/s1. The van der Waals surface area contributed by atoms with Gasteiger partial charge in [-0.05, 0) is 51.3 Å². The van der Waals surface area contributed by atoms with Crippen molar-refractivity contribution >= 4 is 5.91 Å². The van der Waals surface area contributed by atoms with Gasteiger partial charge in [0.25, 0.3) is 5.91 Å². The monoisotopic (exact) mass is 289 g/mol. The van der Waals surface area contributed by atoms with E-state index < -0.39 is 5.60 Å². The van der Waals surface area contributed by atoms with Crippen molar-refractivity contribution in [2.75, 3.05) is 6.61 Å². The Balaban J connectivity index is 1.60. The Bertz CT molecular complexity index is 541.